The van der Waals surface area contributed by atoms with E-state index in [2.05, 4.69) is 10.6 Å². The number of aryl methyl sites for hydroxylation is 1. The van der Waals surface area contributed by atoms with Crippen LogP contribution in [0.4, 0.5) is 20.2 Å². The largest absolute Gasteiger partial charge is 0.326 e. The third kappa shape index (κ3) is 2.67. The van der Waals surface area contributed by atoms with E-state index in [9.17, 15) is 18.4 Å². The average Bonchev–Trinajstić information content (AvgIpc) is 2.47. The molecule has 112 valence electrons. The van der Waals surface area contributed by atoms with Crippen LogP contribution in [0.3, 0.4) is 0 Å². The number of amides is 2. The van der Waals surface area contributed by atoms with Gasteiger partial charge in [0.15, 0.2) is 0 Å². The van der Waals surface area contributed by atoms with Crippen LogP contribution in [0.1, 0.15) is 22.3 Å². The molecule has 0 fully saturated rings. The molecule has 3 rings (SSSR count). The lowest BCUT2D eigenvalue weighted by Crippen LogP contribution is -2.20. The van der Waals surface area contributed by atoms with E-state index < -0.39 is 23.1 Å². The predicted molar refractivity (Wildman–Crippen MR) is 77.7 cm³/mol. The zero-order valence-corrected chi connectivity index (χ0v) is 11.5. The van der Waals surface area contributed by atoms with Crippen molar-refractivity contribution in [3.63, 3.8) is 0 Å². The van der Waals surface area contributed by atoms with Gasteiger partial charge in [-0.3, -0.25) is 9.59 Å². The molecule has 0 atom stereocenters. The minimum Gasteiger partial charge on any atom is -0.326 e. The summed E-state index contributed by atoms with van der Waals surface area (Å²) in [6, 6.07) is 8.16. The number of hydrogen-bond donors (Lipinski definition) is 2. The Morgan fingerprint density at radius 3 is 2.55 bits per heavy atom. The molecule has 2 amide bonds. The molecule has 2 N–H and O–H groups in total. The number of hydrogen-bond acceptors (Lipinski definition) is 2. The number of carbonyl (C=O) groups is 2. The van der Waals surface area contributed by atoms with Gasteiger partial charge >= 0.3 is 0 Å². The molecule has 6 heteroatoms. The van der Waals surface area contributed by atoms with Crippen LogP contribution in [-0.2, 0) is 11.2 Å². The van der Waals surface area contributed by atoms with Gasteiger partial charge in [-0.05, 0) is 42.3 Å². The van der Waals surface area contributed by atoms with Crippen LogP contribution in [0.15, 0.2) is 36.4 Å². The van der Waals surface area contributed by atoms with Crippen LogP contribution < -0.4 is 10.6 Å². The Balaban J connectivity index is 1.85. The molecule has 0 radical (unpaired) electrons. The first-order valence-corrected chi connectivity index (χ1v) is 6.73. The van der Waals surface area contributed by atoms with Gasteiger partial charge in [0, 0.05) is 17.8 Å². The molecular weight excluding hydrogens is 290 g/mol. The normalized spacial score (nSPS) is 13.3. The maximum absolute atomic E-state index is 13.6. The number of carbonyl (C=O) groups excluding carboxylic acids is 2. The van der Waals surface area contributed by atoms with Crippen molar-refractivity contribution in [3.05, 3.63) is 59.2 Å². The van der Waals surface area contributed by atoms with E-state index in [0.29, 0.717) is 24.2 Å². The Morgan fingerprint density at radius 2 is 1.82 bits per heavy atom. The first-order chi connectivity index (χ1) is 10.5. The topological polar surface area (TPSA) is 58.2 Å². The summed E-state index contributed by atoms with van der Waals surface area (Å²) in [6.45, 7) is 0. The summed E-state index contributed by atoms with van der Waals surface area (Å²) < 4.78 is 27.1. The molecule has 1 heterocycles. The van der Waals surface area contributed by atoms with E-state index in [0.717, 1.165) is 17.7 Å². The number of benzene rings is 2. The lowest BCUT2D eigenvalue weighted by atomic mass is 10.0. The Hall–Kier alpha value is -2.76. The zero-order valence-electron chi connectivity index (χ0n) is 11.5. The minimum absolute atomic E-state index is 0.0577. The molecular formula is C16H12F2N2O2. The summed E-state index contributed by atoms with van der Waals surface area (Å²) in [5.41, 5.74) is 1.36. The quantitative estimate of drug-likeness (QED) is 0.895. The van der Waals surface area contributed by atoms with Gasteiger partial charge in [0.05, 0.1) is 0 Å². The van der Waals surface area contributed by atoms with Gasteiger partial charge in [0.25, 0.3) is 5.91 Å². The van der Waals surface area contributed by atoms with Crippen molar-refractivity contribution in [2.75, 3.05) is 10.6 Å². The van der Waals surface area contributed by atoms with Crippen molar-refractivity contribution >= 4 is 23.2 Å². The van der Waals surface area contributed by atoms with E-state index in [1.165, 1.54) is 6.07 Å². The van der Waals surface area contributed by atoms with Crippen LogP contribution in [0.25, 0.3) is 0 Å². The van der Waals surface area contributed by atoms with Gasteiger partial charge in [0.2, 0.25) is 5.91 Å². The van der Waals surface area contributed by atoms with Gasteiger partial charge < -0.3 is 10.6 Å². The van der Waals surface area contributed by atoms with Crippen molar-refractivity contribution in [1.82, 2.24) is 0 Å². The second-order valence-electron chi connectivity index (χ2n) is 4.97. The first-order valence-electron chi connectivity index (χ1n) is 6.73. The smallest absolute Gasteiger partial charge is 0.261 e. The molecule has 22 heavy (non-hydrogen) atoms. The maximum atomic E-state index is 13.6. The number of rotatable bonds is 2. The van der Waals surface area contributed by atoms with E-state index in [1.54, 1.807) is 18.2 Å². The lowest BCUT2D eigenvalue weighted by Gasteiger charge is -2.17. The fraction of sp³-hybridized carbons (Fsp3) is 0.125. The van der Waals surface area contributed by atoms with Crippen LogP contribution in [0, 0.1) is 11.6 Å². The van der Waals surface area contributed by atoms with Gasteiger partial charge in [-0.15, -0.1) is 0 Å². The fourth-order valence-electron chi connectivity index (χ4n) is 2.37. The van der Waals surface area contributed by atoms with Crippen LogP contribution in [-0.4, -0.2) is 11.8 Å². The van der Waals surface area contributed by atoms with Crippen molar-refractivity contribution < 1.29 is 18.4 Å². The number of halogens is 2. The SMILES string of the molecule is O=C1CCc2cc(NC(=O)c3c(F)cccc3F)ccc2N1. The van der Waals surface area contributed by atoms with Gasteiger partial charge in [-0.2, -0.15) is 0 Å². The van der Waals surface area contributed by atoms with Gasteiger partial charge in [-0.25, -0.2) is 8.78 Å². The van der Waals surface area contributed by atoms with Crippen molar-refractivity contribution in [2.24, 2.45) is 0 Å². The van der Waals surface area contributed by atoms with Gasteiger partial charge in [0.1, 0.15) is 17.2 Å². The van der Waals surface area contributed by atoms with E-state index in [-0.39, 0.29) is 5.91 Å². The van der Waals surface area contributed by atoms with Gasteiger partial charge in [-0.1, -0.05) is 6.07 Å². The number of fused-ring (bicyclic) bond motifs is 1. The summed E-state index contributed by atoms with van der Waals surface area (Å²) in [4.78, 5) is 23.3. The molecule has 1 aliphatic rings. The van der Waals surface area contributed by atoms with E-state index in [1.807, 2.05) is 0 Å². The molecule has 0 unspecified atom stereocenters. The predicted octanol–water partition coefficient (Wildman–Crippen LogP) is 3.10. The second kappa shape index (κ2) is 5.55. The van der Waals surface area contributed by atoms with Crippen molar-refractivity contribution in [3.8, 4) is 0 Å². The average molecular weight is 302 g/mol. The van der Waals surface area contributed by atoms with Crippen molar-refractivity contribution in [2.45, 2.75) is 12.8 Å². The highest BCUT2D eigenvalue weighted by Gasteiger charge is 2.19. The highest BCUT2D eigenvalue weighted by Crippen LogP contribution is 2.26. The molecule has 2 aromatic rings. The molecule has 0 aromatic heterocycles. The van der Waals surface area contributed by atoms with Crippen LogP contribution in [0.5, 0.6) is 0 Å². The molecule has 1 aliphatic heterocycles. The monoisotopic (exact) mass is 302 g/mol. The summed E-state index contributed by atoms with van der Waals surface area (Å²) in [6.07, 6.45) is 0.922. The number of nitrogens with one attached hydrogen (secondary N) is 2. The third-order valence-corrected chi connectivity index (χ3v) is 3.45. The summed E-state index contributed by atoms with van der Waals surface area (Å²) in [5.74, 6) is -2.74. The maximum Gasteiger partial charge on any atom is 0.261 e. The molecule has 0 saturated carbocycles. The van der Waals surface area contributed by atoms with E-state index >= 15 is 0 Å². The fourth-order valence-corrected chi connectivity index (χ4v) is 2.37. The summed E-state index contributed by atoms with van der Waals surface area (Å²) in [5, 5.41) is 5.19. The number of anilines is 2. The van der Waals surface area contributed by atoms with Crippen molar-refractivity contribution in [1.29, 1.82) is 0 Å². The minimum atomic E-state index is -0.914. The molecule has 0 spiro atoms. The lowest BCUT2D eigenvalue weighted by molar-refractivity contribution is -0.116. The summed E-state index contributed by atoms with van der Waals surface area (Å²) >= 11 is 0. The Bertz CT molecular complexity index is 754. The van der Waals surface area contributed by atoms with E-state index in [4.69, 9.17) is 0 Å². The Morgan fingerprint density at radius 1 is 1.09 bits per heavy atom. The molecule has 2 aromatic carbocycles. The highest BCUT2D eigenvalue weighted by molar-refractivity contribution is 6.05. The highest BCUT2D eigenvalue weighted by atomic mass is 19.1. The van der Waals surface area contributed by atoms with Crippen LogP contribution in [0.2, 0.25) is 0 Å². The molecule has 0 saturated heterocycles. The van der Waals surface area contributed by atoms with Crippen LogP contribution >= 0.6 is 0 Å². The Kier molecular flexibility index (Phi) is 3.58. The Labute approximate surface area is 125 Å². The third-order valence-electron chi connectivity index (χ3n) is 3.45. The second-order valence-corrected chi connectivity index (χ2v) is 4.97. The zero-order chi connectivity index (χ0) is 15.7. The standard InChI is InChI=1S/C16H12F2N2O2/c17-11-2-1-3-12(18)15(11)16(22)19-10-5-6-13-9(8-10)4-7-14(21)20-13/h1-3,5-6,8H,4,7H2,(H,19,22)(H,20,21). The molecule has 0 bridgehead atoms. The first kappa shape index (κ1) is 14.2. The summed E-state index contributed by atoms with van der Waals surface area (Å²) in [7, 11) is 0. The molecule has 4 nitrogen and oxygen atoms in total. The molecule has 0 aliphatic carbocycles.